The molecule has 0 saturated carbocycles. The second kappa shape index (κ2) is 8.81. The van der Waals surface area contributed by atoms with Crippen LogP contribution >= 0.6 is 0 Å². The van der Waals surface area contributed by atoms with E-state index >= 15 is 0 Å². The Hall–Kier alpha value is -3.47. The van der Waals surface area contributed by atoms with Gasteiger partial charge in [-0.25, -0.2) is 9.37 Å². The van der Waals surface area contributed by atoms with E-state index in [4.69, 9.17) is 4.98 Å². The minimum absolute atomic E-state index is 0.00515. The van der Waals surface area contributed by atoms with Gasteiger partial charge in [-0.3, -0.25) is 9.36 Å². The van der Waals surface area contributed by atoms with Crippen molar-refractivity contribution in [2.24, 2.45) is 0 Å². The van der Waals surface area contributed by atoms with Crippen molar-refractivity contribution in [3.8, 4) is 5.69 Å². The number of nitrogens with zero attached hydrogens (tertiary/aromatic N) is 3. The van der Waals surface area contributed by atoms with Gasteiger partial charge in [-0.05, 0) is 88.6 Å². The number of benzene rings is 3. The van der Waals surface area contributed by atoms with Crippen molar-refractivity contribution in [3.05, 3.63) is 94.1 Å². The first-order valence-electron chi connectivity index (χ1n) is 11.3. The van der Waals surface area contributed by atoms with Crippen molar-refractivity contribution in [2.75, 3.05) is 0 Å². The summed E-state index contributed by atoms with van der Waals surface area (Å²) in [4.78, 5) is 20.5. The van der Waals surface area contributed by atoms with Gasteiger partial charge in [0, 0.05) is 11.6 Å². The number of para-hydroxylation sites is 2. The third-order valence-corrected chi connectivity index (χ3v) is 6.12. The van der Waals surface area contributed by atoms with Crippen LogP contribution in [0, 0.1) is 33.5 Å². The number of aryl methyl sites for hydroxylation is 4. The summed E-state index contributed by atoms with van der Waals surface area (Å²) in [6.07, 6.45) is 0. The molecule has 1 amide bonds. The molecule has 4 nitrogen and oxygen atoms in total. The summed E-state index contributed by atoms with van der Waals surface area (Å²) in [7, 11) is 0. The lowest BCUT2D eigenvalue weighted by atomic mass is 9.98. The highest BCUT2D eigenvalue weighted by molar-refractivity contribution is 5.97. The lowest BCUT2D eigenvalue weighted by Gasteiger charge is -2.28. The molecule has 1 heterocycles. The van der Waals surface area contributed by atoms with E-state index < -0.39 is 0 Å². The topological polar surface area (TPSA) is 38.1 Å². The number of halogens is 1. The van der Waals surface area contributed by atoms with Crippen LogP contribution in [0.3, 0.4) is 0 Å². The second-order valence-electron chi connectivity index (χ2n) is 9.08. The molecule has 0 spiro atoms. The molecule has 0 unspecified atom stereocenters. The standard InChI is InChI=1S/C28H30FN3O/c1-17(2)31(28(33)27-20(5)13-18(3)14-21(27)6)16-26-30-23-9-7-8-10-25(23)32(26)24-12-11-22(29)15-19(24)4/h7-15,17H,16H2,1-6H3. The molecule has 5 heteroatoms. The summed E-state index contributed by atoms with van der Waals surface area (Å²) in [6, 6.07) is 16.7. The van der Waals surface area contributed by atoms with Crippen LogP contribution < -0.4 is 0 Å². The number of fused-ring (bicyclic) bond motifs is 1. The summed E-state index contributed by atoms with van der Waals surface area (Å²) in [5, 5.41) is 0. The third-order valence-electron chi connectivity index (χ3n) is 6.12. The zero-order valence-electron chi connectivity index (χ0n) is 20.1. The molecule has 4 aromatic rings. The van der Waals surface area contributed by atoms with Crippen molar-refractivity contribution < 1.29 is 9.18 Å². The predicted molar refractivity (Wildman–Crippen MR) is 131 cm³/mol. The lowest BCUT2D eigenvalue weighted by Crippen LogP contribution is -2.38. The van der Waals surface area contributed by atoms with Crippen molar-refractivity contribution in [3.63, 3.8) is 0 Å². The van der Waals surface area contributed by atoms with Gasteiger partial charge in [0.15, 0.2) is 0 Å². The van der Waals surface area contributed by atoms with Gasteiger partial charge in [0.25, 0.3) is 5.91 Å². The van der Waals surface area contributed by atoms with E-state index in [1.807, 2.05) is 75.3 Å². The minimum atomic E-state index is -0.272. The molecule has 3 aromatic carbocycles. The van der Waals surface area contributed by atoms with Crippen molar-refractivity contribution in [1.82, 2.24) is 14.5 Å². The molecule has 0 fully saturated rings. The summed E-state index contributed by atoms with van der Waals surface area (Å²) in [6.45, 7) is 12.3. The van der Waals surface area contributed by atoms with Gasteiger partial charge in [-0.15, -0.1) is 0 Å². The Kier molecular flexibility index (Phi) is 6.07. The molecule has 1 aromatic heterocycles. The van der Waals surface area contributed by atoms with Crippen LogP contribution in [0.5, 0.6) is 0 Å². The Morgan fingerprint density at radius 1 is 0.970 bits per heavy atom. The first kappa shape index (κ1) is 22.7. The fourth-order valence-electron chi connectivity index (χ4n) is 4.62. The first-order chi connectivity index (χ1) is 15.7. The Labute approximate surface area is 194 Å². The summed E-state index contributed by atoms with van der Waals surface area (Å²) >= 11 is 0. The average molecular weight is 444 g/mol. The molecular weight excluding hydrogens is 413 g/mol. The van der Waals surface area contributed by atoms with Gasteiger partial charge in [-0.2, -0.15) is 0 Å². The molecule has 170 valence electrons. The van der Waals surface area contributed by atoms with Crippen molar-refractivity contribution in [2.45, 2.75) is 54.1 Å². The lowest BCUT2D eigenvalue weighted by molar-refractivity contribution is 0.0683. The van der Waals surface area contributed by atoms with Crippen molar-refractivity contribution >= 4 is 16.9 Å². The first-order valence-corrected chi connectivity index (χ1v) is 11.3. The number of amides is 1. The molecule has 4 rings (SSSR count). The molecular formula is C28H30FN3O. The maximum Gasteiger partial charge on any atom is 0.255 e. The Bertz CT molecular complexity index is 1330. The molecule has 0 aliphatic heterocycles. The van der Waals surface area contributed by atoms with Crippen LogP contribution in [-0.4, -0.2) is 26.4 Å². The van der Waals surface area contributed by atoms with Gasteiger partial charge in [0.05, 0.1) is 23.3 Å². The Morgan fingerprint density at radius 2 is 1.64 bits per heavy atom. The van der Waals surface area contributed by atoms with Crippen LogP contribution in [0.2, 0.25) is 0 Å². The van der Waals surface area contributed by atoms with Crippen LogP contribution in [0.25, 0.3) is 16.7 Å². The number of hydrogen-bond donors (Lipinski definition) is 0. The smallest absolute Gasteiger partial charge is 0.255 e. The Balaban J connectivity index is 1.84. The highest BCUT2D eigenvalue weighted by atomic mass is 19.1. The van der Waals surface area contributed by atoms with Gasteiger partial charge in [-0.1, -0.05) is 29.8 Å². The highest BCUT2D eigenvalue weighted by Crippen LogP contribution is 2.27. The fraction of sp³-hybridized carbons (Fsp3) is 0.286. The van der Waals surface area contributed by atoms with E-state index in [2.05, 4.69) is 12.1 Å². The molecule has 0 bridgehead atoms. The molecule has 0 radical (unpaired) electrons. The number of rotatable bonds is 5. The molecule has 0 aliphatic rings. The van der Waals surface area contributed by atoms with Crippen LogP contribution in [0.1, 0.15) is 52.3 Å². The average Bonchev–Trinajstić information content (AvgIpc) is 3.09. The maximum absolute atomic E-state index is 13.8. The van der Waals surface area contributed by atoms with Gasteiger partial charge < -0.3 is 4.90 Å². The van der Waals surface area contributed by atoms with Crippen LogP contribution in [0.15, 0.2) is 54.6 Å². The summed E-state index contributed by atoms with van der Waals surface area (Å²) < 4.78 is 15.9. The fourth-order valence-corrected chi connectivity index (χ4v) is 4.62. The summed E-state index contributed by atoms with van der Waals surface area (Å²) in [5.74, 6) is 0.469. The monoisotopic (exact) mass is 443 g/mol. The van der Waals surface area contributed by atoms with E-state index in [1.54, 1.807) is 6.07 Å². The number of carbonyl (C=O) groups is 1. The molecule has 33 heavy (non-hydrogen) atoms. The quantitative estimate of drug-likeness (QED) is 0.356. The van der Waals surface area contributed by atoms with Gasteiger partial charge in [0.1, 0.15) is 11.6 Å². The number of carbonyl (C=O) groups excluding carboxylic acids is 1. The van der Waals surface area contributed by atoms with Crippen LogP contribution in [-0.2, 0) is 6.54 Å². The van der Waals surface area contributed by atoms with E-state index in [-0.39, 0.29) is 17.8 Å². The second-order valence-corrected chi connectivity index (χ2v) is 9.08. The van der Waals surface area contributed by atoms with E-state index in [1.165, 1.54) is 12.1 Å². The van der Waals surface area contributed by atoms with Crippen LogP contribution in [0.4, 0.5) is 4.39 Å². The largest absolute Gasteiger partial charge is 0.329 e. The molecule has 0 aliphatic carbocycles. The van der Waals surface area contributed by atoms with E-state index in [9.17, 15) is 9.18 Å². The van der Waals surface area contributed by atoms with Crippen molar-refractivity contribution in [1.29, 1.82) is 0 Å². The minimum Gasteiger partial charge on any atom is -0.329 e. The highest BCUT2D eigenvalue weighted by Gasteiger charge is 2.25. The zero-order chi connectivity index (χ0) is 23.9. The van der Waals surface area contributed by atoms with Gasteiger partial charge in [0.2, 0.25) is 0 Å². The summed E-state index contributed by atoms with van der Waals surface area (Å²) in [5.41, 5.74) is 7.29. The van der Waals surface area contributed by atoms with E-state index in [0.29, 0.717) is 6.54 Å². The number of imidazole rings is 1. The molecule has 0 atom stereocenters. The Morgan fingerprint density at radius 3 is 2.27 bits per heavy atom. The zero-order valence-corrected chi connectivity index (χ0v) is 20.1. The normalized spacial score (nSPS) is 11.4. The SMILES string of the molecule is Cc1cc(C)c(C(=O)N(Cc2nc3ccccc3n2-c2ccc(F)cc2C)C(C)C)c(C)c1. The molecule has 0 saturated heterocycles. The number of aromatic nitrogens is 2. The van der Waals surface area contributed by atoms with Gasteiger partial charge >= 0.3 is 0 Å². The third kappa shape index (κ3) is 4.28. The maximum atomic E-state index is 13.8. The predicted octanol–water partition coefficient (Wildman–Crippen LogP) is 6.45. The molecule has 0 N–H and O–H groups in total. The van der Waals surface area contributed by atoms with E-state index in [0.717, 1.165) is 50.4 Å². The number of hydrogen-bond acceptors (Lipinski definition) is 2.